The number of rotatable bonds is 9. The zero-order valence-electron chi connectivity index (χ0n) is 16.7. The molecule has 0 aliphatic heterocycles. The van der Waals surface area contributed by atoms with E-state index in [0.29, 0.717) is 28.5 Å². The van der Waals surface area contributed by atoms with E-state index in [4.69, 9.17) is 0 Å². The second-order valence-corrected chi connectivity index (χ2v) is 8.42. The van der Waals surface area contributed by atoms with Gasteiger partial charge in [0.2, 0.25) is 11.8 Å². The number of hydrogen-bond acceptors (Lipinski definition) is 7. The number of non-ortho nitro benzene ring substituents is 1. The van der Waals surface area contributed by atoms with E-state index in [1.54, 1.807) is 17.5 Å². The van der Waals surface area contributed by atoms with Gasteiger partial charge in [-0.15, -0.1) is 23.1 Å². The fourth-order valence-electron chi connectivity index (χ4n) is 2.66. The van der Waals surface area contributed by atoms with Crippen molar-refractivity contribution in [3.05, 3.63) is 64.0 Å². The molecule has 160 valence electrons. The number of thiazole rings is 1. The van der Waals surface area contributed by atoms with Gasteiger partial charge in [-0.25, -0.2) is 4.98 Å². The quantitative estimate of drug-likeness (QED) is 0.260. The number of carbonyl (C=O) groups excluding carboxylic acids is 2. The lowest BCUT2D eigenvalue weighted by Crippen LogP contribution is -2.14. The zero-order chi connectivity index (χ0) is 22.2. The molecule has 1 heterocycles. The molecule has 0 spiro atoms. The van der Waals surface area contributed by atoms with Crippen LogP contribution in [0.15, 0.2) is 58.8 Å². The van der Waals surface area contributed by atoms with Crippen LogP contribution in [0.3, 0.4) is 0 Å². The van der Waals surface area contributed by atoms with Crippen molar-refractivity contribution in [2.45, 2.75) is 24.7 Å². The first kappa shape index (κ1) is 22.4. The molecule has 0 saturated carbocycles. The van der Waals surface area contributed by atoms with E-state index in [2.05, 4.69) is 15.6 Å². The molecule has 2 amide bonds. The highest BCUT2D eigenvalue weighted by Crippen LogP contribution is 2.28. The summed E-state index contributed by atoms with van der Waals surface area (Å²) >= 11 is 2.60. The topological polar surface area (TPSA) is 114 Å². The Kier molecular flexibility index (Phi) is 7.74. The van der Waals surface area contributed by atoms with Crippen LogP contribution < -0.4 is 10.6 Å². The molecule has 2 N–H and O–H groups in total. The number of benzene rings is 2. The van der Waals surface area contributed by atoms with Crippen molar-refractivity contribution >= 4 is 51.4 Å². The predicted molar refractivity (Wildman–Crippen MR) is 124 cm³/mol. The molecule has 0 radical (unpaired) electrons. The fourth-order valence-corrected chi connectivity index (χ4v) is 4.15. The maximum atomic E-state index is 12.3. The number of amides is 2. The molecule has 0 unspecified atom stereocenters. The third-order valence-electron chi connectivity index (χ3n) is 4.07. The third kappa shape index (κ3) is 6.63. The van der Waals surface area contributed by atoms with Crippen molar-refractivity contribution in [2.24, 2.45) is 0 Å². The van der Waals surface area contributed by atoms with E-state index in [1.807, 2.05) is 31.2 Å². The van der Waals surface area contributed by atoms with Gasteiger partial charge in [-0.05, 0) is 24.6 Å². The molecular weight excluding hydrogens is 436 g/mol. The first-order valence-electron chi connectivity index (χ1n) is 9.47. The third-order valence-corrected chi connectivity index (χ3v) is 5.82. The average molecular weight is 457 g/mol. The van der Waals surface area contributed by atoms with Gasteiger partial charge in [0.15, 0.2) is 5.13 Å². The summed E-state index contributed by atoms with van der Waals surface area (Å²) in [5.41, 5.74) is 1.86. The maximum absolute atomic E-state index is 12.3. The van der Waals surface area contributed by atoms with E-state index in [1.165, 1.54) is 35.2 Å². The second-order valence-electron chi connectivity index (χ2n) is 6.51. The minimum absolute atomic E-state index is 0.0133. The molecule has 2 aromatic carbocycles. The molecule has 31 heavy (non-hydrogen) atoms. The first-order chi connectivity index (χ1) is 14.9. The fraction of sp³-hybridized carbons (Fsp3) is 0.190. The van der Waals surface area contributed by atoms with Crippen molar-refractivity contribution in [1.29, 1.82) is 0 Å². The Hall–Kier alpha value is -3.24. The van der Waals surface area contributed by atoms with E-state index in [9.17, 15) is 19.7 Å². The van der Waals surface area contributed by atoms with E-state index >= 15 is 0 Å². The largest absolute Gasteiger partial charge is 0.326 e. The summed E-state index contributed by atoms with van der Waals surface area (Å²) < 4.78 is 0. The minimum Gasteiger partial charge on any atom is -0.326 e. The summed E-state index contributed by atoms with van der Waals surface area (Å²) in [6, 6.07) is 13.5. The van der Waals surface area contributed by atoms with Crippen molar-refractivity contribution in [3.8, 4) is 11.3 Å². The molecule has 0 fully saturated rings. The molecule has 3 rings (SSSR count). The van der Waals surface area contributed by atoms with Crippen LogP contribution >= 0.6 is 23.1 Å². The van der Waals surface area contributed by atoms with Gasteiger partial charge in [0.1, 0.15) is 0 Å². The number of nitrogens with zero attached hydrogens (tertiary/aromatic N) is 2. The molecule has 0 saturated heterocycles. The maximum Gasteiger partial charge on any atom is 0.270 e. The highest BCUT2D eigenvalue weighted by Gasteiger charge is 2.12. The summed E-state index contributed by atoms with van der Waals surface area (Å²) in [5.74, 6) is -0.0750. The average Bonchev–Trinajstić information content (AvgIpc) is 3.21. The Bertz CT molecular complexity index is 1100. The monoisotopic (exact) mass is 456 g/mol. The van der Waals surface area contributed by atoms with Crippen molar-refractivity contribution in [3.63, 3.8) is 0 Å². The van der Waals surface area contributed by atoms with Crippen LogP contribution in [0.25, 0.3) is 11.3 Å². The van der Waals surface area contributed by atoms with Crippen LogP contribution in [0.2, 0.25) is 0 Å². The Morgan fingerprint density at radius 1 is 1.13 bits per heavy atom. The molecule has 10 heteroatoms. The summed E-state index contributed by atoms with van der Waals surface area (Å²) in [5, 5.41) is 18.7. The Morgan fingerprint density at radius 3 is 2.71 bits per heavy atom. The number of nitro benzene ring substituents is 1. The van der Waals surface area contributed by atoms with Gasteiger partial charge in [-0.1, -0.05) is 25.1 Å². The molecule has 8 nitrogen and oxygen atoms in total. The number of nitro groups is 1. The van der Waals surface area contributed by atoms with Gasteiger partial charge >= 0.3 is 0 Å². The Morgan fingerprint density at radius 2 is 1.94 bits per heavy atom. The summed E-state index contributed by atoms with van der Waals surface area (Å²) in [7, 11) is 0. The van der Waals surface area contributed by atoms with Gasteiger partial charge in [0, 0.05) is 40.1 Å². The predicted octanol–water partition coefficient (Wildman–Crippen LogP) is 5.19. The molecule has 3 aromatic rings. The van der Waals surface area contributed by atoms with Crippen LogP contribution in [0.1, 0.15) is 19.8 Å². The molecule has 0 atom stereocenters. The smallest absolute Gasteiger partial charge is 0.270 e. The normalized spacial score (nSPS) is 10.5. The molecule has 0 bridgehead atoms. The molecule has 1 aromatic heterocycles. The first-order valence-corrected chi connectivity index (χ1v) is 11.3. The molecule has 0 aliphatic carbocycles. The van der Waals surface area contributed by atoms with Gasteiger partial charge in [-0.2, -0.15) is 0 Å². The number of anilines is 2. The van der Waals surface area contributed by atoms with E-state index in [-0.39, 0.29) is 23.3 Å². The minimum atomic E-state index is -0.458. The van der Waals surface area contributed by atoms with Crippen LogP contribution in [-0.4, -0.2) is 27.5 Å². The van der Waals surface area contributed by atoms with E-state index in [0.717, 1.165) is 11.3 Å². The molecular formula is C21H20N4O4S2. The summed E-state index contributed by atoms with van der Waals surface area (Å²) in [4.78, 5) is 39.7. The Labute approximate surface area is 187 Å². The number of carbonyl (C=O) groups is 2. The zero-order valence-corrected chi connectivity index (χ0v) is 18.3. The highest BCUT2D eigenvalue weighted by molar-refractivity contribution is 8.00. The second kappa shape index (κ2) is 10.7. The SMILES string of the molecule is CCCC(=O)Nc1cccc(SCC(=O)Nc2nc(-c3cccc([N+](=O)[O-])c3)cs2)c1. The highest BCUT2D eigenvalue weighted by atomic mass is 32.2. The Balaban J connectivity index is 1.56. The van der Waals surface area contributed by atoms with Crippen LogP contribution in [0, 0.1) is 10.1 Å². The molecule has 0 aliphatic rings. The van der Waals surface area contributed by atoms with Gasteiger partial charge in [-0.3, -0.25) is 19.7 Å². The lowest BCUT2D eigenvalue weighted by Gasteiger charge is -2.07. The van der Waals surface area contributed by atoms with Gasteiger partial charge in [0.25, 0.3) is 5.69 Å². The number of aromatic nitrogens is 1. The van der Waals surface area contributed by atoms with Crippen molar-refractivity contribution in [2.75, 3.05) is 16.4 Å². The van der Waals surface area contributed by atoms with Gasteiger partial charge < -0.3 is 10.6 Å². The lowest BCUT2D eigenvalue weighted by atomic mass is 10.1. The van der Waals surface area contributed by atoms with Crippen molar-refractivity contribution in [1.82, 2.24) is 4.98 Å². The standard InChI is InChI=1S/C21H20N4O4S2/c1-2-5-19(26)22-15-7-4-9-17(11-15)30-13-20(27)24-21-23-18(12-31-21)14-6-3-8-16(10-14)25(28)29/h3-4,6-12H,2,5,13H2,1H3,(H,22,26)(H,23,24,27). The number of hydrogen-bond donors (Lipinski definition) is 2. The number of nitrogens with one attached hydrogen (secondary N) is 2. The lowest BCUT2D eigenvalue weighted by molar-refractivity contribution is -0.384. The van der Waals surface area contributed by atoms with Crippen LogP contribution in [0.4, 0.5) is 16.5 Å². The van der Waals surface area contributed by atoms with Crippen LogP contribution in [-0.2, 0) is 9.59 Å². The van der Waals surface area contributed by atoms with Crippen LogP contribution in [0.5, 0.6) is 0 Å². The van der Waals surface area contributed by atoms with Crippen molar-refractivity contribution < 1.29 is 14.5 Å². The number of thioether (sulfide) groups is 1. The van der Waals surface area contributed by atoms with E-state index < -0.39 is 4.92 Å². The summed E-state index contributed by atoms with van der Waals surface area (Å²) in [6.07, 6.45) is 1.24. The van der Waals surface area contributed by atoms with Gasteiger partial charge in [0.05, 0.1) is 16.4 Å². The summed E-state index contributed by atoms with van der Waals surface area (Å²) in [6.45, 7) is 1.94.